The molecule has 0 amide bonds. The topological polar surface area (TPSA) is 61.4 Å². The zero-order valence-electron chi connectivity index (χ0n) is 36.8. The van der Waals surface area contributed by atoms with Crippen LogP contribution in [-0.2, 0) is 0 Å². The van der Waals surface area contributed by atoms with Crippen molar-refractivity contribution in [2.75, 3.05) is 0 Å². The largest absolute Gasteiger partial charge is 0.291 e. The summed E-state index contributed by atoms with van der Waals surface area (Å²) in [7, 11) is 0. The normalized spacial score (nSPS) is 11.5. The second-order valence-electron chi connectivity index (χ2n) is 17.1. The standard InChI is InChI=1S/C62H40N6/c1-5-17-41(18-6-1)59-51-31-29-46(48-34-50(40-64-38-48)68-58-28-16-14-26-56(58)66-62(68)44-23-11-4-12-24-44)36-54(51)60(42-19-7-2-8-20-42)52-32-30-45(35-53(52)59)47-33-49(39-63-37-47)67-57-27-15-13-25-55(57)65-61(67)43-21-9-3-10-22-43/h1-40H. The van der Waals surface area contributed by atoms with Gasteiger partial charge in [0.15, 0.2) is 0 Å². The number of fused-ring (bicyclic) bond motifs is 4. The lowest BCUT2D eigenvalue weighted by atomic mass is 9.84. The van der Waals surface area contributed by atoms with Crippen molar-refractivity contribution in [3.05, 3.63) is 243 Å². The summed E-state index contributed by atoms with van der Waals surface area (Å²) in [5.41, 5.74) is 16.8. The third-order valence-corrected chi connectivity index (χ3v) is 13.1. The maximum absolute atomic E-state index is 5.11. The molecule has 0 aliphatic heterocycles. The van der Waals surface area contributed by atoms with E-state index >= 15 is 0 Å². The average Bonchev–Trinajstić information content (AvgIpc) is 4.01. The second-order valence-corrected chi connectivity index (χ2v) is 17.1. The van der Waals surface area contributed by atoms with Crippen LogP contribution in [0.2, 0.25) is 0 Å². The van der Waals surface area contributed by atoms with Crippen molar-refractivity contribution in [1.82, 2.24) is 29.1 Å². The summed E-state index contributed by atoms with van der Waals surface area (Å²) in [6.07, 6.45) is 7.81. The van der Waals surface area contributed by atoms with Crippen LogP contribution in [-0.4, -0.2) is 29.1 Å². The molecule has 0 spiro atoms. The Morgan fingerprint density at radius 1 is 0.265 bits per heavy atom. The van der Waals surface area contributed by atoms with Crippen LogP contribution in [0.25, 0.3) is 122 Å². The van der Waals surface area contributed by atoms with Gasteiger partial charge in [0.2, 0.25) is 0 Å². The number of hydrogen-bond acceptors (Lipinski definition) is 4. The van der Waals surface area contributed by atoms with Crippen molar-refractivity contribution in [2.45, 2.75) is 0 Å². The fourth-order valence-corrected chi connectivity index (χ4v) is 9.97. The van der Waals surface area contributed by atoms with Gasteiger partial charge in [-0.1, -0.05) is 170 Å². The van der Waals surface area contributed by atoms with E-state index in [-0.39, 0.29) is 0 Å². The Bertz CT molecular complexity index is 3740. The fraction of sp³-hybridized carbons (Fsp3) is 0. The van der Waals surface area contributed by atoms with Crippen LogP contribution < -0.4 is 0 Å². The smallest absolute Gasteiger partial charge is 0.145 e. The Morgan fingerprint density at radius 3 is 1.04 bits per heavy atom. The molecule has 13 aromatic rings. The van der Waals surface area contributed by atoms with E-state index in [9.17, 15) is 0 Å². The molecule has 0 atom stereocenters. The van der Waals surface area contributed by atoms with Crippen molar-refractivity contribution in [2.24, 2.45) is 0 Å². The van der Waals surface area contributed by atoms with Crippen LogP contribution >= 0.6 is 0 Å². The predicted octanol–water partition coefficient (Wildman–Crippen LogP) is 15.5. The van der Waals surface area contributed by atoms with E-state index < -0.39 is 0 Å². The van der Waals surface area contributed by atoms with Crippen LogP contribution in [0.5, 0.6) is 0 Å². The molecule has 0 radical (unpaired) electrons. The lowest BCUT2D eigenvalue weighted by molar-refractivity contribution is 1.08. The number of aromatic nitrogens is 6. The molecule has 0 aliphatic rings. The van der Waals surface area contributed by atoms with Crippen molar-refractivity contribution in [1.29, 1.82) is 0 Å². The molecular weight excluding hydrogens is 829 g/mol. The Morgan fingerprint density at radius 2 is 0.632 bits per heavy atom. The molecule has 4 aromatic heterocycles. The maximum Gasteiger partial charge on any atom is 0.145 e. The summed E-state index contributed by atoms with van der Waals surface area (Å²) in [5, 5.41) is 4.67. The van der Waals surface area contributed by atoms with E-state index in [0.29, 0.717) is 0 Å². The quantitative estimate of drug-likeness (QED) is 0.143. The Kier molecular flexibility index (Phi) is 9.39. The molecule has 6 heteroatoms. The first kappa shape index (κ1) is 39.1. The van der Waals surface area contributed by atoms with Crippen LogP contribution in [0.4, 0.5) is 0 Å². The van der Waals surface area contributed by atoms with Gasteiger partial charge in [0.25, 0.3) is 0 Å². The molecule has 0 unspecified atom stereocenters. The van der Waals surface area contributed by atoms with Crippen molar-refractivity contribution >= 4 is 43.6 Å². The molecule has 0 saturated carbocycles. The minimum Gasteiger partial charge on any atom is -0.291 e. The van der Waals surface area contributed by atoms with Gasteiger partial charge < -0.3 is 0 Å². The third kappa shape index (κ3) is 6.66. The number of para-hydroxylation sites is 4. The summed E-state index contributed by atoms with van der Waals surface area (Å²) < 4.78 is 4.45. The lowest BCUT2D eigenvalue weighted by Crippen LogP contribution is -1.99. The van der Waals surface area contributed by atoms with Gasteiger partial charge in [0, 0.05) is 34.6 Å². The average molecular weight is 869 g/mol. The molecule has 0 N–H and O–H groups in total. The predicted molar refractivity (Wildman–Crippen MR) is 279 cm³/mol. The zero-order valence-corrected chi connectivity index (χ0v) is 36.8. The molecule has 13 rings (SSSR count). The highest BCUT2D eigenvalue weighted by atomic mass is 15.1. The van der Waals surface area contributed by atoms with Crippen molar-refractivity contribution < 1.29 is 0 Å². The molecule has 6 nitrogen and oxygen atoms in total. The van der Waals surface area contributed by atoms with Crippen LogP contribution in [0, 0.1) is 0 Å². The van der Waals surface area contributed by atoms with Gasteiger partial charge in [-0.15, -0.1) is 0 Å². The number of imidazole rings is 2. The monoisotopic (exact) mass is 868 g/mol. The number of hydrogen-bond donors (Lipinski definition) is 0. The van der Waals surface area contributed by atoms with Crippen LogP contribution in [0.3, 0.4) is 0 Å². The van der Waals surface area contributed by atoms with E-state index in [1.165, 1.54) is 32.7 Å². The number of benzene rings is 9. The van der Waals surface area contributed by atoms with E-state index in [0.717, 1.165) is 89.6 Å². The maximum atomic E-state index is 5.11. The van der Waals surface area contributed by atoms with E-state index in [2.05, 4.69) is 203 Å². The third-order valence-electron chi connectivity index (χ3n) is 13.1. The van der Waals surface area contributed by atoms with Gasteiger partial charge in [-0.2, -0.15) is 0 Å². The first-order valence-electron chi connectivity index (χ1n) is 22.9. The van der Waals surface area contributed by atoms with Gasteiger partial charge in [-0.3, -0.25) is 19.1 Å². The van der Waals surface area contributed by atoms with Crippen molar-refractivity contribution in [3.8, 4) is 78.7 Å². The minimum atomic E-state index is 0.878. The van der Waals surface area contributed by atoms with Gasteiger partial charge in [-0.05, 0) is 103 Å². The fourth-order valence-electron chi connectivity index (χ4n) is 9.97. The number of rotatable bonds is 8. The molecule has 0 bridgehead atoms. The van der Waals surface area contributed by atoms with Gasteiger partial charge in [0.05, 0.1) is 45.8 Å². The Balaban J connectivity index is 1.01. The van der Waals surface area contributed by atoms with Crippen LogP contribution in [0.15, 0.2) is 243 Å². The van der Waals surface area contributed by atoms with Gasteiger partial charge >= 0.3 is 0 Å². The molecule has 0 aliphatic carbocycles. The summed E-state index contributed by atoms with van der Waals surface area (Å²) in [4.78, 5) is 20.0. The summed E-state index contributed by atoms with van der Waals surface area (Å²) >= 11 is 0. The summed E-state index contributed by atoms with van der Waals surface area (Å²) in [5.74, 6) is 1.76. The lowest BCUT2D eigenvalue weighted by Gasteiger charge is -2.20. The van der Waals surface area contributed by atoms with Gasteiger partial charge in [0.1, 0.15) is 11.6 Å². The van der Waals surface area contributed by atoms with E-state index in [1.807, 2.05) is 49.1 Å². The number of pyridine rings is 2. The first-order valence-corrected chi connectivity index (χ1v) is 22.9. The Hall–Kier alpha value is -9.26. The SMILES string of the molecule is c1ccc(-c2c3ccc(-c4cncc(-n5c(-c6ccccc6)nc6ccccc65)c4)cc3c(-c3ccccc3)c3ccc(-c4cncc(-n5c(-c6ccccc6)nc6ccccc65)c4)cc23)cc1. The first-order chi connectivity index (χ1) is 33.7. The van der Waals surface area contributed by atoms with E-state index in [1.54, 1.807) is 0 Å². The molecule has 9 aromatic carbocycles. The molecule has 68 heavy (non-hydrogen) atoms. The highest BCUT2D eigenvalue weighted by molar-refractivity contribution is 6.22. The summed E-state index contributed by atoms with van der Waals surface area (Å²) in [6, 6.07) is 77.2. The summed E-state index contributed by atoms with van der Waals surface area (Å²) in [6.45, 7) is 0. The van der Waals surface area contributed by atoms with Crippen LogP contribution in [0.1, 0.15) is 0 Å². The molecule has 0 saturated heterocycles. The Labute approximate surface area is 392 Å². The molecule has 318 valence electrons. The highest BCUT2D eigenvalue weighted by Gasteiger charge is 2.21. The van der Waals surface area contributed by atoms with Crippen molar-refractivity contribution in [3.63, 3.8) is 0 Å². The minimum absolute atomic E-state index is 0.878. The highest BCUT2D eigenvalue weighted by Crippen LogP contribution is 2.46. The molecule has 4 heterocycles. The molecule has 0 fully saturated rings. The molecular formula is C62H40N6. The zero-order chi connectivity index (χ0) is 45.0. The second kappa shape index (κ2) is 16.3. The number of nitrogens with zero attached hydrogens (tertiary/aromatic N) is 6. The van der Waals surface area contributed by atoms with Gasteiger partial charge in [-0.25, -0.2) is 9.97 Å². The van der Waals surface area contributed by atoms with E-state index in [4.69, 9.17) is 19.9 Å².